The van der Waals surface area contributed by atoms with Crippen molar-refractivity contribution in [2.45, 2.75) is 32.9 Å². The van der Waals surface area contributed by atoms with Crippen LogP contribution >= 0.6 is 0 Å². The first-order valence-corrected chi connectivity index (χ1v) is 6.32. The number of nitrogens with zero attached hydrogens (tertiary/aromatic N) is 2. The Labute approximate surface area is 113 Å². The Bertz CT molecular complexity index is 503. The zero-order valence-corrected chi connectivity index (χ0v) is 11.6. The van der Waals surface area contributed by atoms with Crippen LogP contribution in [0.25, 0.3) is 0 Å². The van der Waals surface area contributed by atoms with Crippen LogP contribution in [-0.4, -0.2) is 15.5 Å². The summed E-state index contributed by atoms with van der Waals surface area (Å²) in [5.74, 6) is 1.27. The number of nitrogens with one attached hydrogen (secondary N) is 1. The van der Waals surface area contributed by atoms with Gasteiger partial charge in [-0.2, -0.15) is 0 Å². The van der Waals surface area contributed by atoms with Gasteiger partial charge in [-0.3, -0.25) is 4.98 Å². The van der Waals surface area contributed by atoms with Crippen molar-refractivity contribution < 1.29 is 4.74 Å². The van der Waals surface area contributed by atoms with E-state index in [2.05, 4.69) is 36.1 Å². The average Bonchev–Trinajstić information content (AvgIpc) is 2.38. The maximum Gasteiger partial charge on any atom is 0.237 e. The Morgan fingerprint density at radius 1 is 1.05 bits per heavy atom. The molecule has 2 aromatic rings. The molecule has 0 bridgehead atoms. The first-order valence-electron chi connectivity index (χ1n) is 6.32. The molecule has 0 spiro atoms. The minimum atomic E-state index is 0.0703. The van der Waals surface area contributed by atoms with Crippen molar-refractivity contribution in [3.8, 4) is 11.6 Å². The van der Waals surface area contributed by atoms with Crippen LogP contribution in [0.2, 0.25) is 0 Å². The van der Waals surface area contributed by atoms with E-state index in [0.29, 0.717) is 12.4 Å². The molecule has 100 valence electrons. The van der Waals surface area contributed by atoms with Gasteiger partial charge in [0.25, 0.3) is 0 Å². The van der Waals surface area contributed by atoms with Crippen molar-refractivity contribution in [3.63, 3.8) is 0 Å². The van der Waals surface area contributed by atoms with Crippen LogP contribution in [-0.2, 0) is 6.54 Å². The molecule has 0 fully saturated rings. The van der Waals surface area contributed by atoms with Crippen molar-refractivity contribution >= 4 is 0 Å². The van der Waals surface area contributed by atoms with Crippen LogP contribution in [0.1, 0.15) is 26.5 Å². The highest BCUT2D eigenvalue weighted by Gasteiger charge is 2.09. The van der Waals surface area contributed by atoms with Crippen LogP contribution in [0.15, 0.2) is 42.7 Å². The lowest BCUT2D eigenvalue weighted by Crippen LogP contribution is -2.35. The van der Waals surface area contributed by atoms with Gasteiger partial charge in [0.05, 0.1) is 18.1 Å². The Hall–Kier alpha value is -1.94. The number of rotatable bonds is 4. The maximum atomic E-state index is 5.58. The molecule has 0 aliphatic carbocycles. The average molecular weight is 257 g/mol. The summed E-state index contributed by atoms with van der Waals surface area (Å²) in [7, 11) is 0. The molecular weight excluding hydrogens is 238 g/mol. The third kappa shape index (κ3) is 4.67. The summed E-state index contributed by atoms with van der Waals surface area (Å²) in [5, 5.41) is 3.36. The van der Waals surface area contributed by atoms with Gasteiger partial charge >= 0.3 is 0 Å². The highest BCUT2D eigenvalue weighted by atomic mass is 16.5. The molecule has 1 aromatic heterocycles. The van der Waals surface area contributed by atoms with Crippen molar-refractivity contribution in [3.05, 3.63) is 48.4 Å². The highest BCUT2D eigenvalue weighted by Crippen LogP contribution is 2.17. The molecule has 0 saturated heterocycles. The fourth-order valence-corrected chi connectivity index (χ4v) is 1.45. The van der Waals surface area contributed by atoms with Gasteiger partial charge in [0.2, 0.25) is 5.88 Å². The summed E-state index contributed by atoms with van der Waals surface area (Å²) in [6, 6.07) is 9.56. The van der Waals surface area contributed by atoms with Gasteiger partial charge in [0.1, 0.15) is 5.75 Å². The molecule has 1 heterocycles. The van der Waals surface area contributed by atoms with E-state index >= 15 is 0 Å². The summed E-state index contributed by atoms with van der Waals surface area (Å²) in [4.78, 5) is 8.58. The first kappa shape index (κ1) is 13.5. The summed E-state index contributed by atoms with van der Waals surface area (Å²) < 4.78 is 5.58. The standard InChI is InChI=1S/C15H19N3O/c1-15(2,3)18-10-12-9-17-14(11-16-12)19-13-7-5-4-6-8-13/h4-9,11,18H,10H2,1-3H3. The lowest BCUT2D eigenvalue weighted by Gasteiger charge is -2.19. The topological polar surface area (TPSA) is 47.0 Å². The zero-order valence-electron chi connectivity index (χ0n) is 11.6. The first-order chi connectivity index (χ1) is 9.03. The molecule has 2 rings (SSSR count). The molecule has 4 nitrogen and oxygen atoms in total. The van der Waals surface area contributed by atoms with Gasteiger partial charge in [0, 0.05) is 12.1 Å². The quantitative estimate of drug-likeness (QED) is 0.914. The van der Waals surface area contributed by atoms with E-state index < -0.39 is 0 Å². The van der Waals surface area contributed by atoms with E-state index in [-0.39, 0.29) is 5.54 Å². The van der Waals surface area contributed by atoms with E-state index in [4.69, 9.17) is 4.74 Å². The number of hydrogen-bond acceptors (Lipinski definition) is 4. The van der Waals surface area contributed by atoms with E-state index in [9.17, 15) is 0 Å². The van der Waals surface area contributed by atoms with E-state index in [0.717, 1.165) is 11.4 Å². The summed E-state index contributed by atoms with van der Waals surface area (Å²) in [6.07, 6.45) is 3.38. The van der Waals surface area contributed by atoms with Gasteiger partial charge in [-0.25, -0.2) is 4.98 Å². The van der Waals surface area contributed by atoms with Crippen molar-refractivity contribution in [2.75, 3.05) is 0 Å². The fraction of sp³-hybridized carbons (Fsp3) is 0.333. The Morgan fingerprint density at radius 3 is 2.37 bits per heavy atom. The predicted molar refractivity (Wildman–Crippen MR) is 75.1 cm³/mol. The zero-order chi connectivity index (χ0) is 13.7. The Kier molecular flexibility index (Phi) is 4.12. The predicted octanol–water partition coefficient (Wildman–Crippen LogP) is 3.16. The summed E-state index contributed by atoms with van der Waals surface area (Å²) in [6.45, 7) is 7.05. The normalized spacial score (nSPS) is 11.3. The second kappa shape index (κ2) is 5.80. The minimum absolute atomic E-state index is 0.0703. The van der Waals surface area contributed by atoms with E-state index in [1.54, 1.807) is 12.4 Å². The maximum absolute atomic E-state index is 5.58. The van der Waals surface area contributed by atoms with Gasteiger partial charge in [-0.05, 0) is 32.9 Å². The fourth-order valence-electron chi connectivity index (χ4n) is 1.45. The number of hydrogen-bond donors (Lipinski definition) is 1. The van der Waals surface area contributed by atoms with Crippen LogP contribution < -0.4 is 10.1 Å². The van der Waals surface area contributed by atoms with E-state index in [1.807, 2.05) is 30.3 Å². The largest absolute Gasteiger partial charge is 0.438 e. The third-order valence-electron chi connectivity index (χ3n) is 2.45. The molecule has 0 atom stereocenters. The van der Waals surface area contributed by atoms with Gasteiger partial charge in [0.15, 0.2) is 0 Å². The van der Waals surface area contributed by atoms with Crippen LogP contribution in [0, 0.1) is 0 Å². The summed E-state index contributed by atoms with van der Waals surface area (Å²) >= 11 is 0. The second-order valence-corrected chi connectivity index (χ2v) is 5.36. The van der Waals surface area contributed by atoms with Crippen molar-refractivity contribution in [1.29, 1.82) is 0 Å². The van der Waals surface area contributed by atoms with Crippen molar-refractivity contribution in [2.24, 2.45) is 0 Å². The third-order valence-corrected chi connectivity index (χ3v) is 2.45. The Balaban J connectivity index is 1.95. The Morgan fingerprint density at radius 2 is 1.79 bits per heavy atom. The smallest absolute Gasteiger partial charge is 0.237 e. The molecule has 1 N–H and O–H groups in total. The molecule has 1 aromatic carbocycles. The number of ether oxygens (including phenoxy) is 1. The summed E-state index contributed by atoms with van der Waals surface area (Å²) in [5.41, 5.74) is 0.969. The molecule has 4 heteroatoms. The molecule has 0 saturated carbocycles. The monoisotopic (exact) mass is 257 g/mol. The SMILES string of the molecule is CC(C)(C)NCc1cnc(Oc2ccccc2)cn1. The van der Waals surface area contributed by atoms with Crippen LogP contribution in [0.5, 0.6) is 11.6 Å². The van der Waals surface area contributed by atoms with Crippen LogP contribution in [0.4, 0.5) is 0 Å². The molecule has 0 radical (unpaired) electrons. The molecule has 0 unspecified atom stereocenters. The lowest BCUT2D eigenvalue weighted by molar-refractivity contribution is 0.418. The second-order valence-electron chi connectivity index (χ2n) is 5.36. The van der Waals surface area contributed by atoms with Gasteiger partial charge < -0.3 is 10.1 Å². The number of para-hydroxylation sites is 1. The minimum Gasteiger partial charge on any atom is -0.438 e. The van der Waals surface area contributed by atoms with Crippen molar-refractivity contribution in [1.82, 2.24) is 15.3 Å². The van der Waals surface area contributed by atoms with E-state index in [1.165, 1.54) is 0 Å². The van der Waals surface area contributed by atoms with Gasteiger partial charge in [-0.1, -0.05) is 18.2 Å². The number of benzene rings is 1. The van der Waals surface area contributed by atoms with Crippen LogP contribution in [0.3, 0.4) is 0 Å². The molecule has 0 amide bonds. The molecule has 19 heavy (non-hydrogen) atoms. The molecule has 0 aliphatic heterocycles. The number of aromatic nitrogens is 2. The molecule has 0 aliphatic rings. The lowest BCUT2D eigenvalue weighted by atomic mass is 10.1. The highest BCUT2D eigenvalue weighted by molar-refractivity contribution is 5.25. The van der Waals surface area contributed by atoms with Gasteiger partial charge in [-0.15, -0.1) is 0 Å². The molecular formula is C15H19N3O.